The molecule has 0 atom stereocenters. The molecule has 2 aromatic rings. The lowest BCUT2D eigenvalue weighted by Gasteiger charge is -2.01. The second kappa shape index (κ2) is 2.37. The van der Waals surface area contributed by atoms with E-state index in [4.69, 9.17) is 10.5 Å². The van der Waals surface area contributed by atoms with Crippen LogP contribution in [0.5, 0.6) is 5.88 Å². The summed E-state index contributed by atoms with van der Waals surface area (Å²) in [5.41, 5.74) is 6.19. The van der Waals surface area contributed by atoms with Crippen LogP contribution >= 0.6 is 0 Å². The lowest BCUT2D eigenvalue weighted by atomic mass is 10.6. The summed E-state index contributed by atoms with van der Waals surface area (Å²) >= 11 is 0. The van der Waals surface area contributed by atoms with Crippen molar-refractivity contribution in [3.05, 3.63) is 18.6 Å². The summed E-state index contributed by atoms with van der Waals surface area (Å²) in [7, 11) is 1.54. The van der Waals surface area contributed by atoms with Crippen molar-refractivity contribution in [2.75, 3.05) is 12.8 Å². The van der Waals surface area contributed by atoms with Crippen molar-refractivity contribution in [1.82, 2.24) is 14.4 Å². The maximum Gasteiger partial charge on any atom is 0.260 e. The number of anilines is 1. The smallest absolute Gasteiger partial charge is 0.260 e. The number of imidazole rings is 1. The average Bonchev–Trinajstić information content (AvgIpc) is 2.50. The quantitative estimate of drug-likeness (QED) is 0.659. The molecule has 2 rings (SSSR count). The number of fused-ring (bicyclic) bond motifs is 1. The Balaban J connectivity index is 2.80. The fourth-order valence-corrected chi connectivity index (χ4v) is 1.06. The molecule has 0 amide bonds. The Hall–Kier alpha value is -1.78. The third kappa shape index (κ3) is 0.868. The Kier molecular flexibility index (Phi) is 1.36. The van der Waals surface area contributed by atoms with E-state index in [0.29, 0.717) is 17.3 Å². The van der Waals surface area contributed by atoms with Crippen molar-refractivity contribution in [1.29, 1.82) is 0 Å². The van der Waals surface area contributed by atoms with E-state index in [-0.39, 0.29) is 0 Å². The first-order valence-electron chi connectivity index (χ1n) is 3.44. The van der Waals surface area contributed by atoms with E-state index in [9.17, 15) is 0 Å². The topological polar surface area (TPSA) is 65.4 Å². The summed E-state index contributed by atoms with van der Waals surface area (Å²) < 4.78 is 6.76. The summed E-state index contributed by atoms with van der Waals surface area (Å²) in [4.78, 5) is 8.01. The fraction of sp³-hybridized carbons (Fsp3) is 0.143. The zero-order chi connectivity index (χ0) is 8.55. The first-order chi connectivity index (χ1) is 5.81. The lowest BCUT2D eigenvalue weighted by molar-refractivity contribution is 0.401. The zero-order valence-corrected chi connectivity index (χ0v) is 6.56. The third-order valence-electron chi connectivity index (χ3n) is 1.56. The van der Waals surface area contributed by atoms with Crippen LogP contribution in [0.2, 0.25) is 0 Å². The third-order valence-corrected chi connectivity index (χ3v) is 1.56. The molecule has 62 valence electrons. The Bertz CT molecular complexity index is 409. The van der Waals surface area contributed by atoms with Crippen LogP contribution in [0.25, 0.3) is 5.65 Å². The lowest BCUT2D eigenvalue weighted by Crippen LogP contribution is -1.98. The number of methoxy groups -OCH3 is 1. The van der Waals surface area contributed by atoms with Crippen LogP contribution < -0.4 is 10.5 Å². The molecule has 0 aliphatic heterocycles. The van der Waals surface area contributed by atoms with Crippen LogP contribution in [0.15, 0.2) is 18.6 Å². The van der Waals surface area contributed by atoms with Crippen LogP contribution in [0.1, 0.15) is 0 Å². The van der Waals surface area contributed by atoms with Crippen molar-refractivity contribution in [2.24, 2.45) is 0 Å². The van der Waals surface area contributed by atoms with Crippen molar-refractivity contribution < 1.29 is 4.74 Å². The van der Waals surface area contributed by atoms with Gasteiger partial charge < -0.3 is 10.5 Å². The number of nitrogens with zero attached hydrogens (tertiary/aromatic N) is 3. The molecule has 0 spiro atoms. The molecule has 0 fully saturated rings. The van der Waals surface area contributed by atoms with Gasteiger partial charge in [0.15, 0.2) is 0 Å². The van der Waals surface area contributed by atoms with Gasteiger partial charge in [-0.1, -0.05) is 0 Å². The highest BCUT2D eigenvalue weighted by atomic mass is 16.5. The molecular weight excluding hydrogens is 156 g/mol. The molecule has 0 bridgehead atoms. The number of rotatable bonds is 1. The molecule has 0 aliphatic carbocycles. The number of aromatic nitrogens is 3. The van der Waals surface area contributed by atoms with Crippen LogP contribution in [-0.2, 0) is 0 Å². The average molecular weight is 164 g/mol. The molecule has 2 N–H and O–H groups in total. The van der Waals surface area contributed by atoms with Crippen LogP contribution in [0, 0.1) is 0 Å². The Morgan fingerprint density at radius 2 is 2.42 bits per heavy atom. The minimum Gasteiger partial charge on any atom is -0.478 e. The molecule has 0 saturated carbocycles. The molecule has 5 heteroatoms. The second-order valence-electron chi connectivity index (χ2n) is 2.33. The molecule has 0 radical (unpaired) electrons. The van der Waals surface area contributed by atoms with Gasteiger partial charge in [0.05, 0.1) is 13.3 Å². The fourth-order valence-electron chi connectivity index (χ4n) is 1.06. The Morgan fingerprint density at radius 1 is 1.58 bits per heavy atom. The summed E-state index contributed by atoms with van der Waals surface area (Å²) in [6.07, 6.45) is 5.14. The van der Waals surface area contributed by atoms with E-state index in [1.807, 2.05) is 0 Å². The minimum absolute atomic E-state index is 0.414. The van der Waals surface area contributed by atoms with Gasteiger partial charge in [-0.15, -0.1) is 0 Å². The van der Waals surface area contributed by atoms with Gasteiger partial charge >= 0.3 is 0 Å². The van der Waals surface area contributed by atoms with Gasteiger partial charge in [0.25, 0.3) is 5.88 Å². The molecule has 0 unspecified atom stereocenters. The summed E-state index contributed by atoms with van der Waals surface area (Å²) in [5.74, 6) is 0.859. The Morgan fingerprint density at radius 3 is 3.17 bits per heavy atom. The van der Waals surface area contributed by atoms with Crippen LogP contribution in [-0.4, -0.2) is 21.5 Å². The molecule has 2 aromatic heterocycles. The maximum atomic E-state index is 5.52. The van der Waals surface area contributed by atoms with E-state index >= 15 is 0 Å². The number of nitrogens with two attached hydrogens (primary N) is 1. The highest BCUT2D eigenvalue weighted by Crippen LogP contribution is 2.15. The molecule has 12 heavy (non-hydrogen) atoms. The van der Waals surface area contributed by atoms with Gasteiger partial charge in [-0.25, -0.2) is 4.98 Å². The highest BCUT2D eigenvalue weighted by molar-refractivity contribution is 5.52. The molecular formula is C7H8N4O. The molecule has 0 aliphatic rings. The van der Waals surface area contributed by atoms with E-state index < -0.39 is 0 Å². The van der Waals surface area contributed by atoms with E-state index in [2.05, 4.69) is 9.97 Å². The SMILES string of the molecule is COc1nc(N)cn2ccnc12. The largest absolute Gasteiger partial charge is 0.478 e. The number of ether oxygens (including phenoxy) is 1. The monoisotopic (exact) mass is 164 g/mol. The summed E-state index contributed by atoms with van der Waals surface area (Å²) in [5, 5.41) is 0. The molecule has 5 nitrogen and oxygen atoms in total. The van der Waals surface area contributed by atoms with Crippen molar-refractivity contribution >= 4 is 11.5 Å². The molecule has 0 saturated heterocycles. The van der Waals surface area contributed by atoms with Gasteiger partial charge in [0, 0.05) is 12.4 Å². The second-order valence-corrected chi connectivity index (χ2v) is 2.33. The highest BCUT2D eigenvalue weighted by Gasteiger charge is 2.04. The number of hydrogen-bond acceptors (Lipinski definition) is 4. The van der Waals surface area contributed by atoms with Gasteiger partial charge in [0.1, 0.15) is 5.82 Å². The molecule has 0 aromatic carbocycles. The van der Waals surface area contributed by atoms with Crippen molar-refractivity contribution in [3.8, 4) is 5.88 Å². The van der Waals surface area contributed by atoms with E-state index in [0.717, 1.165) is 0 Å². The van der Waals surface area contributed by atoms with Gasteiger partial charge in [-0.05, 0) is 0 Å². The first kappa shape index (κ1) is 6.90. The van der Waals surface area contributed by atoms with Gasteiger partial charge in [-0.2, -0.15) is 4.98 Å². The van der Waals surface area contributed by atoms with Gasteiger partial charge in [-0.3, -0.25) is 4.40 Å². The summed E-state index contributed by atoms with van der Waals surface area (Å²) in [6.45, 7) is 0. The predicted octanol–water partition coefficient (Wildman–Crippen LogP) is 0.320. The number of nitrogen functional groups attached to an aromatic ring is 1. The van der Waals surface area contributed by atoms with Gasteiger partial charge in [0.2, 0.25) is 5.65 Å². The van der Waals surface area contributed by atoms with E-state index in [1.165, 1.54) is 7.11 Å². The minimum atomic E-state index is 0.414. The Labute approximate surface area is 68.8 Å². The predicted molar refractivity (Wildman–Crippen MR) is 44.0 cm³/mol. The first-order valence-corrected chi connectivity index (χ1v) is 3.44. The zero-order valence-electron chi connectivity index (χ0n) is 6.56. The standard InChI is InChI=1S/C7H8N4O/c1-12-7-6-9-2-3-11(6)4-5(8)10-7/h2-4H,8H2,1H3. The molecule has 2 heterocycles. The maximum absolute atomic E-state index is 5.52. The van der Waals surface area contributed by atoms with Crippen LogP contribution in [0.3, 0.4) is 0 Å². The van der Waals surface area contributed by atoms with E-state index in [1.54, 1.807) is 23.0 Å². The van der Waals surface area contributed by atoms with Crippen molar-refractivity contribution in [3.63, 3.8) is 0 Å². The number of hydrogen-bond donors (Lipinski definition) is 1. The normalized spacial score (nSPS) is 10.4. The van der Waals surface area contributed by atoms with Crippen molar-refractivity contribution in [2.45, 2.75) is 0 Å². The summed E-state index contributed by atoms with van der Waals surface area (Å²) in [6, 6.07) is 0. The van der Waals surface area contributed by atoms with Crippen LogP contribution in [0.4, 0.5) is 5.82 Å².